The summed E-state index contributed by atoms with van der Waals surface area (Å²) in [5.74, 6) is 0.213. The SMILES string of the molecule is CC(CCc1ccc(OC(F)F)cc1)NCCC(C)(C)C. The molecule has 1 aromatic carbocycles. The molecule has 120 valence electrons. The minimum atomic E-state index is -2.76. The normalized spacial score (nSPS) is 13.5. The molecule has 1 rings (SSSR count). The molecule has 4 heteroatoms. The van der Waals surface area contributed by atoms with Crippen LogP contribution in [0.1, 0.15) is 46.1 Å². The zero-order valence-electron chi connectivity index (χ0n) is 13.5. The first-order valence-electron chi connectivity index (χ1n) is 7.53. The van der Waals surface area contributed by atoms with Gasteiger partial charge in [0.05, 0.1) is 0 Å². The third-order valence-electron chi connectivity index (χ3n) is 3.38. The molecule has 0 heterocycles. The molecule has 1 atom stereocenters. The van der Waals surface area contributed by atoms with Crippen LogP contribution in [0, 0.1) is 5.41 Å². The summed E-state index contributed by atoms with van der Waals surface area (Å²) in [5, 5.41) is 3.52. The van der Waals surface area contributed by atoms with E-state index in [-0.39, 0.29) is 5.75 Å². The molecule has 1 aromatic rings. The zero-order chi connectivity index (χ0) is 15.9. The molecular formula is C17H27F2NO. The number of rotatable bonds is 8. The van der Waals surface area contributed by atoms with Crippen LogP contribution in [0.5, 0.6) is 5.75 Å². The van der Waals surface area contributed by atoms with Gasteiger partial charge in [-0.2, -0.15) is 8.78 Å². The van der Waals surface area contributed by atoms with Crippen LogP contribution in [0.25, 0.3) is 0 Å². The van der Waals surface area contributed by atoms with Crippen LogP contribution in [-0.2, 0) is 6.42 Å². The van der Waals surface area contributed by atoms with E-state index in [1.54, 1.807) is 12.1 Å². The molecule has 0 saturated heterocycles. The summed E-state index contributed by atoms with van der Waals surface area (Å²) in [6, 6.07) is 7.33. The largest absolute Gasteiger partial charge is 0.435 e. The summed E-state index contributed by atoms with van der Waals surface area (Å²) in [6.45, 7) is 7.15. The van der Waals surface area contributed by atoms with Crippen LogP contribution in [0.15, 0.2) is 24.3 Å². The molecule has 1 unspecified atom stereocenters. The third kappa shape index (κ3) is 8.66. The van der Waals surface area contributed by atoms with Gasteiger partial charge in [-0.15, -0.1) is 0 Å². The molecule has 0 bridgehead atoms. The number of alkyl halides is 2. The van der Waals surface area contributed by atoms with E-state index in [4.69, 9.17) is 0 Å². The highest BCUT2D eigenvalue weighted by Crippen LogP contribution is 2.18. The maximum Gasteiger partial charge on any atom is 0.387 e. The number of halogens is 2. The summed E-state index contributed by atoms with van der Waals surface area (Å²) >= 11 is 0. The van der Waals surface area contributed by atoms with Crippen LogP contribution in [0.4, 0.5) is 8.78 Å². The van der Waals surface area contributed by atoms with Gasteiger partial charge in [0, 0.05) is 6.04 Å². The third-order valence-corrected chi connectivity index (χ3v) is 3.38. The first kappa shape index (κ1) is 17.9. The molecule has 21 heavy (non-hydrogen) atoms. The molecule has 0 aliphatic rings. The molecule has 0 fully saturated rings. The van der Waals surface area contributed by atoms with E-state index < -0.39 is 6.61 Å². The van der Waals surface area contributed by atoms with Gasteiger partial charge in [0.25, 0.3) is 0 Å². The molecule has 0 aromatic heterocycles. The molecule has 0 spiro atoms. The van der Waals surface area contributed by atoms with Crippen LogP contribution in [0.2, 0.25) is 0 Å². The Hall–Kier alpha value is -1.16. The van der Waals surface area contributed by atoms with Crippen LogP contribution in [0.3, 0.4) is 0 Å². The van der Waals surface area contributed by atoms with Crippen molar-refractivity contribution < 1.29 is 13.5 Å². The number of nitrogens with one attached hydrogen (secondary N) is 1. The van der Waals surface area contributed by atoms with Crippen LogP contribution < -0.4 is 10.1 Å². The Morgan fingerprint density at radius 1 is 1.14 bits per heavy atom. The van der Waals surface area contributed by atoms with Crippen molar-refractivity contribution in [1.29, 1.82) is 0 Å². The monoisotopic (exact) mass is 299 g/mol. The van der Waals surface area contributed by atoms with Crippen molar-refractivity contribution in [2.45, 2.75) is 59.6 Å². The topological polar surface area (TPSA) is 21.3 Å². The molecule has 0 amide bonds. The van der Waals surface area contributed by atoms with Crippen molar-refractivity contribution in [3.05, 3.63) is 29.8 Å². The first-order chi connectivity index (χ1) is 9.76. The van der Waals surface area contributed by atoms with Crippen molar-refractivity contribution in [3.63, 3.8) is 0 Å². The lowest BCUT2D eigenvalue weighted by molar-refractivity contribution is -0.0498. The standard InChI is InChI=1S/C17H27F2NO/c1-13(20-12-11-17(2,3)4)5-6-14-7-9-15(10-8-14)21-16(18)19/h7-10,13,16,20H,5-6,11-12H2,1-4H3. The maximum absolute atomic E-state index is 12.0. The van der Waals surface area contributed by atoms with E-state index in [1.165, 1.54) is 0 Å². The van der Waals surface area contributed by atoms with Gasteiger partial charge >= 0.3 is 6.61 Å². The van der Waals surface area contributed by atoms with Gasteiger partial charge in [0.1, 0.15) is 5.75 Å². The highest BCUT2D eigenvalue weighted by molar-refractivity contribution is 5.27. The molecule has 0 aliphatic carbocycles. The molecule has 0 saturated carbocycles. The van der Waals surface area contributed by atoms with Gasteiger partial charge in [0.15, 0.2) is 0 Å². The number of ether oxygens (including phenoxy) is 1. The Balaban J connectivity index is 2.28. The van der Waals surface area contributed by atoms with E-state index in [9.17, 15) is 8.78 Å². The van der Waals surface area contributed by atoms with E-state index in [2.05, 4.69) is 37.7 Å². The zero-order valence-corrected chi connectivity index (χ0v) is 13.5. The maximum atomic E-state index is 12.0. The first-order valence-corrected chi connectivity index (χ1v) is 7.53. The number of hydrogen-bond donors (Lipinski definition) is 1. The fourth-order valence-electron chi connectivity index (χ4n) is 2.02. The number of benzene rings is 1. The Morgan fingerprint density at radius 2 is 1.76 bits per heavy atom. The van der Waals surface area contributed by atoms with Crippen molar-refractivity contribution in [3.8, 4) is 5.75 Å². The van der Waals surface area contributed by atoms with Gasteiger partial charge in [-0.3, -0.25) is 0 Å². The Kier molecular flexibility index (Phi) is 7.09. The van der Waals surface area contributed by atoms with E-state index in [1.807, 2.05) is 12.1 Å². The average Bonchev–Trinajstić information content (AvgIpc) is 2.36. The summed E-state index contributed by atoms with van der Waals surface area (Å²) in [5.41, 5.74) is 1.49. The van der Waals surface area contributed by atoms with Gasteiger partial charge < -0.3 is 10.1 Å². The highest BCUT2D eigenvalue weighted by Gasteiger charge is 2.10. The van der Waals surface area contributed by atoms with E-state index >= 15 is 0 Å². The molecule has 2 nitrogen and oxygen atoms in total. The van der Waals surface area contributed by atoms with E-state index in [0.717, 1.165) is 31.4 Å². The fraction of sp³-hybridized carbons (Fsp3) is 0.647. The Labute approximate surface area is 126 Å². The molecule has 0 radical (unpaired) electrons. The molecule has 1 N–H and O–H groups in total. The van der Waals surface area contributed by atoms with Crippen molar-refractivity contribution >= 4 is 0 Å². The summed E-state index contributed by atoms with van der Waals surface area (Å²) < 4.78 is 28.4. The predicted octanol–water partition coefficient (Wildman–Crippen LogP) is 4.63. The minimum absolute atomic E-state index is 0.213. The van der Waals surface area contributed by atoms with Crippen LogP contribution >= 0.6 is 0 Å². The molecular weight excluding hydrogens is 272 g/mol. The Morgan fingerprint density at radius 3 is 2.29 bits per heavy atom. The predicted molar refractivity (Wildman–Crippen MR) is 82.9 cm³/mol. The lowest BCUT2D eigenvalue weighted by atomic mass is 9.92. The van der Waals surface area contributed by atoms with E-state index in [0.29, 0.717) is 11.5 Å². The summed E-state index contributed by atoms with van der Waals surface area (Å²) in [4.78, 5) is 0. The highest BCUT2D eigenvalue weighted by atomic mass is 19.3. The van der Waals surface area contributed by atoms with Gasteiger partial charge in [-0.05, 0) is 55.8 Å². The number of hydrogen-bond acceptors (Lipinski definition) is 2. The average molecular weight is 299 g/mol. The quantitative estimate of drug-likeness (QED) is 0.755. The molecule has 0 aliphatic heterocycles. The Bertz CT molecular complexity index is 398. The van der Waals surface area contributed by atoms with Gasteiger partial charge in [0.2, 0.25) is 0 Å². The van der Waals surface area contributed by atoms with Crippen LogP contribution in [-0.4, -0.2) is 19.2 Å². The minimum Gasteiger partial charge on any atom is -0.435 e. The second-order valence-electron chi connectivity index (χ2n) is 6.73. The number of aryl methyl sites for hydroxylation is 1. The van der Waals surface area contributed by atoms with Crippen molar-refractivity contribution in [1.82, 2.24) is 5.32 Å². The second-order valence-corrected chi connectivity index (χ2v) is 6.73. The lowest BCUT2D eigenvalue weighted by Crippen LogP contribution is -2.29. The summed E-state index contributed by atoms with van der Waals surface area (Å²) in [6.07, 6.45) is 3.11. The second kappa shape index (κ2) is 8.32. The van der Waals surface area contributed by atoms with Gasteiger partial charge in [-0.1, -0.05) is 32.9 Å². The van der Waals surface area contributed by atoms with Gasteiger partial charge in [-0.25, -0.2) is 0 Å². The fourth-order valence-corrected chi connectivity index (χ4v) is 2.02. The van der Waals surface area contributed by atoms with Crippen molar-refractivity contribution in [2.24, 2.45) is 5.41 Å². The lowest BCUT2D eigenvalue weighted by Gasteiger charge is -2.20. The summed E-state index contributed by atoms with van der Waals surface area (Å²) in [7, 11) is 0. The van der Waals surface area contributed by atoms with Crippen molar-refractivity contribution in [2.75, 3.05) is 6.54 Å². The smallest absolute Gasteiger partial charge is 0.387 e.